The molecule has 8 atom stereocenters. The highest BCUT2D eigenvalue weighted by Gasteiger charge is 2.67. The lowest BCUT2D eigenvalue weighted by molar-refractivity contribution is -0.131. The van der Waals surface area contributed by atoms with Crippen LogP contribution in [0.3, 0.4) is 0 Å². The molecule has 1 aliphatic heterocycles. The molecule has 0 amide bonds. The summed E-state index contributed by atoms with van der Waals surface area (Å²) in [5.41, 5.74) is 12.0. The molecule has 0 spiro atoms. The number of rotatable bonds is 11. The lowest BCUT2D eigenvalue weighted by atomic mass is 9.40. The Bertz CT molecular complexity index is 1560. The molecule has 1 aromatic rings. The third-order valence-corrected chi connectivity index (χ3v) is 16.8. The van der Waals surface area contributed by atoms with Gasteiger partial charge in [0.05, 0.1) is 17.1 Å². The molecule has 5 aliphatic rings. The number of fused-ring (bicyclic) bond motifs is 5. The van der Waals surface area contributed by atoms with Gasteiger partial charge in [-0.3, -0.25) is 0 Å². The van der Waals surface area contributed by atoms with Gasteiger partial charge in [-0.2, -0.15) is 0 Å². The molecule has 0 aromatic heterocycles. The number of hydrogen-bond acceptors (Lipinski definition) is 6. The van der Waals surface area contributed by atoms with Gasteiger partial charge in [-0.05, 0) is 135 Å². The van der Waals surface area contributed by atoms with E-state index >= 15 is 0 Å². The Morgan fingerprint density at radius 2 is 1.74 bits per heavy atom. The van der Waals surface area contributed by atoms with E-state index in [-0.39, 0.29) is 33.4 Å². The smallest absolute Gasteiger partial charge is 0.335 e. The zero-order valence-electron chi connectivity index (χ0n) is 31.6. The number of carboxylic acids is 1. The number of unbranched alkanes of at least 4 members (excludes halogenated alkanes) is 1. The quantitative estimate of drug-likeness (QED) is 0.203. The fourth-order valence-electron chi connectivity index (χ4n) is 12.0. The van der Waals surface area contributed by atoms with E-state index < -0.39 is 15.8 Å². The summed E-state index contributed by atoms with van der Waals surface area (Å²) >= 11 is 0. The van der Waals surface area contributed by atoms with E-state index in [1.54, 1.807) is 12.1 Å². The molecule has 1 heterocycles. The average Bonchev–Trinajstić information content (AvgIpc) is 3.46. The van der Waals surface area contributed by atoms with Gasteiger partial charge in [0.15, 0.2) is 9.84 Å². The van der Waals surface area contributed by atoms with E-state index in [1.807, 2.05) is 12.1 Å². The average molecular weight is 708 g/mol. The predicted octanol–water partition coefficient (Wildman–Crippen LogP) is 7.58. The fraction of sp³-hybridized carbons (Fsp3) is 0.738. The molecule has 4 N–H and O–H groups in total. The third kappa shape index (κ3) is 6.69. The number of benzene rings is 1. The lowest BCUT2D eigenvalue weighted by Gasteiger charge is -2.67. The van der Waals surface area contributed by atoms with E-state index in [0.29, 0.717) is 48.2 Å². The third-order valence-electron chi connectivity index (χ3n) is 15.2. The van der Waals surface area contributed by atoms with Crippen LogP contribution in [0.1, 0.15) is 121 Å². The van der Waals surface area contributed by atoms with Gasteiger partial charge in [0.25, 0.3) is 0 Å². The maximum absolute atomic E-state index is 12.0. The second kappa shape index (κ2) is 14.1. The molecule has 4 saturated carbocycles. The highest BCUT2D eigenvalue weighted by atomic mass is 32.2. The lowest BCUT2D eigenvalue weighted by Crippen LogP contribution is -2.73. The van der Waals surface area contributed by atoms with E-state index in [0.717, 1.165) is 57.2 Å². The zero-order valence-corrected chi connectivity index (χ0v) is 32.4. The van der Waals surface area contributed by atoms with Gasteiger partial charge >= 0.3 is 5.97 Å². The highest BCUT2D eigenvalue weighted by Crippen LogP contribution is 2.68. The second-order valence-electron chi connectivity index (χ2n) is 17.9. The minimum Gasteiger partial charge on any atom is -0.478 e. The van der Waals surface area contributed by atoms with Crippen molar-refractivity contribution in [3.8, 4) is 0 Å². The number of hydrogen-bond donors (Lipinski definition) is 3. The van der Waals surface area contributed by atoms with Crippen LogP contribution in [0.25, 0.3) is 5.57 Å². The summed E-state index contributed by atoms with van der Waals surface area (Å²) in [5, 5.41) is 13.7. The van der Waals surface area contributed by atoms with Crippen LogP contribution in [0.15, 0.2) is 42.5 Å². The monoisotopic (exact) mass is 707 g/mol. The van der Waals surface area contributed by atoms with Crippen molar-refractivity contribution in [1.82, 2.24) is 10.2 Å². The summed E-state index contributed by atoms with van der Waals surface area (Å²) in [7, 11) is -2.87. The first-order chi connectivity index (χ1) is 23.6. The summed E-state index contributed by atoms with van der Waals surface area (Å²) in [6.07, 6.45) is 15.0. The van der Waals surface area contributed by atoms with E-state index in [2.05, 4.69) is 57.5 Å². The summed E-state index contributed by atoms with van der Waals surface area (Å²) in [4.78, 5) is 13.9. The molecule has 7 nitrogen and oxygen atoms in total. The van der Waals surface area contributed by atoms with Crippen LogP contribution < -0.4 is 11.1 Å². The van der Waals surface area contributed by atoms with Gasteiger partial charge in [-0.25, -0.2) is 13.2 Å². The van der Waals surface area contributed by atoms with Gasteiger partial charge in [0, 0.05) is 37.3 Å². The minimum absolute atomic E-state index is 0.0411. The van der Waals surface area contributed by atoms with Crippen LogP contribution in [0.5, 0.6) is 0 Å². The SMILES string of the molecule is C=C(C)C1CCC2(NCCN3CCS(=O)(=O)CC3)CC[C@]3(N)[C@H](CC[C@@H]4C[C@H](C(C)(C)/C(=C\CCC)c5ccc(C(=O)O)cc5)CC[C@]43C)[C@@H]12. The molecule has 8 heteroatoms. The fourth-order valence-corrected chi connectivity index (χ4v) is 13.3. The normalized spacial score (nSPS) is 37.4. The summed E-state index contributed by atoms with van der Waals surface area (Å²) in [6.45, 7) is 19.5. The predicted molar refractivity (Wildman–Crippen MR) is 205 cm³/mol. The summed E-state index contributed by atoms with van der Waals surface area (Å²) < 4.78 is 24.0. The number of allylic oxidation sites excluding steroid dienone is 3. The molecular formula is C42H65N3O4S. The summed E-state index contributed by atoms with van der Waals surface area (Å²) in [6, 6.07) is 7.53. The molecule has 4 aliphatic carbocycles. The first-order valence-corrected chi connectivity index (χ1v) is 21.6. The second-order valence-corrected chi connectivity index (χ2v) is 20.2. The molecule has 6 rings (SSSR count). The van der Waals surface area contributed by atoms with Crippen molar-refractivity contribution in [2.75, 3.05) is 37.7 Å². The van der Waals surface area contributed by atoms with Gasteiger partial charge in [0.1, 0.15) is 0 Å². The Kier molecular flexibility index (Phi) is 10.6. The molecular weight excluding hydrogens is 643 g/mol. The molecule has 0 radical (unpaired) electrons. The molecule has 2 unspecified atom stereocenters. The Labute approximate surface area is 302 Å². The first kappa shape index (κ1) is 37.7. The van der Waals surface area contributed by atoms with Gasteiger partial charge in [0.2, 0.25) is 0 Å². The molecule has 1 aromatic carbocycles. The summed E-state index contributed by atoms with van der Waals surface area (Å²) in [5.74, 6) is 2.25. The van der Waals surface area contributed by atoms with Crippen molar-refractivity contribution in [1.29, 1.82) is 0 Å². The van der Waals surface area contributed by atoms with Gasteiger partial charge in [-0.15, -0.1) is 0 Å². The number of nitrogens with one attached hydrogen (secondary N) is 1. The van der Waals surface area contributed by atoms with E-state index in [9.17, 15) is 18.3 Å². The number of aromatic carboxylic acids is 1. The number of carbonyl (C=O) groups is 1. The van der Waals surface area contributed by atoms with Crippen LogP contribution >= 0.6 is 0 Å². The largest absolute Gasteiger partial charge is 0.478 e. The van der Waals surface area contributed by atoms with Crippen LogP contribution in [0.2, 0.25) is 0 Å². The maximum Gasteiger partial charge on any atom is 0.335 e. The van der Waals surface area contributed by atoms with Crippen molar-refractivity contribution in [3.05, 3.63) is 53.6 Å². The van der Waals surface area contributed by atoms with Crippen molar-refractivity contribution in [2.45, 2.75) is 116 Å². The highest BCUT2D eigenvalue weighted by molar-refractivity contribution is 7.91. The van der Waals surface area contributed by atoms with Gasteiger partial charge < -0.3 is 21.1 Å². The Morgan fingerprint density at radius 1 is 1.06 bits per heavy atom. The Hall–Kier alpha value is -2.00. The van der Waals surface area contributed by atoms with Crippen LogP contribution in [-0.2, 0) is 9.84 Å². The van der Waals surface area contributed by atoms with Gasteiger partial charge in [-0.1, -0.05) is 64.5 Å². The number of nitrogens with two attached hydrogens (primary N) is 1. The number of sulfone groups is 1. The zero-order chi connectivity index (χ0) is 36.1. The maximum atomic E-state index is 12.0. The van der Waals surface area contributed by atoms with Crippen molar-refractivity contribution < 1.29 is 18.3 Å². The van der Waals surface area contributed by atoms with E-state index in [4.69, 9.17) is 5.73 Å². The molecule has 1 saturated heterocycles. The van der Waals surface area contributed by atoms with Crippen molar-refractivity contribution >= 4 is 21.4 Å². The molecule has 278 valence electrons. The number of nitrogens with zero attached hydrogens (tertiary/aromatic N) is 1. The number of carboxylic acid groups (broad SMARTS) is 1. The van der Waals surface area contributed by atoms with Crippen LogP contribution in [0, 0.1) is 40.4 Å². The van der Waals surface area contributed by atoms with Crippen molar-refractivity contribution in [2.24, 2.45) is 46.2 Å². The topological polar surface area (TPSA) is 113 Å². The standard InChI is InChI=1S/C42H65N3O4S/c1-7-8-9-35(30-10-12-31(13-11-30)38(46)47)39(4,5)32-16-18-40(6)33(28-32)14-15-36-37-34(29(2)3)17-19-41(37,20-21-42(36,40)43)44-22-23-45-24-26-50(48,49)27-25-45/h9-13,32-34,36-37,44H,2,7-8,14-28,43H2,1,3-6H3,(H,46,47)/b35-9-/t32-,33-,34?,36-,37-,40-,41?,42+/m1/s1. The van der Waals surface area contributed by atoms with Crippen LogP contribution in [-0.4, -0.2) is 73.2 Å². The Balaban J connectivity index is 1.20. The van der Waals surface area contributed by atoms with E-state index in [1.165, 1.54) is 43.3 Å². The first-order valence-electron chi connectivity index (χ1n) is 19.7. The molecule has 50 heavy (non-hydrogen) atoms. The Morgan fingerprint density at radius 3 is 2.38 bits per heavy atom. The molecule has 5 fully saturated rings. The minimum atomic E-state index is -2.87. The van der Waals surface area contributed by atoms with Crippen molar-refractivity contribution in [3.63, 3.8) is 0 Å². The van der Waals surface area contributed by atoms with Crippen LogP contribution in [0.4, 0.5) is 0 Å². The molecule has 0 bridgehead atoms.